The molecule has 7 nitrogen and oxygen atoms in total. The molecule has 3 rings (SSSR count). The van der Waals surface area contributed by atoms with Crippen LogP contribution in [-0.2, 0) is 6.42 Å². The highest BCUT2D eigenvalue weighted by atomic mass is 35.5. The van der Waals surface area contributed by atoms with Crippen LogP contribution in [0.2, 0.25) is 5.02 Å². The third kappa shape index (κ3) is 3.46. The van der Waals surface area contributed by atoms with E-state index in [1.165, 1.54) is 0 Å². The van der Waals surface area contributed by atoms with E-state index in [0.717, 1.165) is 23.1 Å². The van der Waals surface area contributed by atoms with Crippen molar-refractivity contribution in [1.29, 1.82) is 0 Å². The molecule has 0 radical (unpaired) electrons. The second-order valence-corrected chi connectivity index (χ2v) is 6.37. The normalized spacial score (nSPS) is 12.4. The van der Waals surface area contributed by atoms with Crippen molar-refractivity contribution in [3.05, 3.63) is 40.1 Å². The number of H-pyrrole nitrogens is 1. The van der Waals surface area contributed by atoms with Crippen LogP contribution in [0.15, 0.2) is 16.5 Å². The Labute approximate surface area is 150 Å². The molecule has 3 N–H and O–H groups in total. The maximum atomic E-state index is 12.3. The molecule has 0 saturated heterocycles. The predicted molar refractivity (Wildman–Crippen MR) is 97.0 cm³/mol. The van der Waals surface area contributed by atoms with E-state index in [-0.39, 0.29) is 12.1 Å². The number of amides is 2. The van der Waals surface area contributed by atoms with Crippen molar-refractivity contribution in [2.24, 2.45) is 0 Å². The highest BCUT2D eigenvalue weighted by Gasteiger charge is 2.18. The summed E-state index contributed by atoms with van der Waals surface area (Å²) in [6.07, 6.45) is 0.769. The van der Waals surface area contributed by atoms with Crippen LogP contribution in [-0.4, -0.2) is 21.2 Å². The van der Waals surface area contributed by atoms with Gasteiger partial charge in [0, 0.05) is 16.8 Å². The molecule has 0 aliphatic heterocycles. The molecule has 1 atom stereocenters. The second-order valence-electron chi connectivity index (χ2n) is 5.93. The summed E-state index contributed by atoms with van der Waals surface area (Å²) in [7, 11) is 0. The average Bonchev–Trinajstić information content (AvgIpc) is 3.12. The number of carbonyl (C=O) groups is 1. The minimum absolute atomic E-state index is 0.343. The summed E-state index contributed by atoms with van der Waals surface area (Å²) in [5, 5.41) is 13.8. The first-order valence-corrected chi connectivity index (χ1v) is 8.44. The fourth-order valence-corrected chi connectivity index (χ4v) is 2.95. The maximum absolute atomic E-state index is 12.3. The quantitative estimate of drug-likeness (QED) is 0.646. The van der Waals surface area contributed by atoms with Gasteiger partial charge in [-0.2, -0.15) is 5.10 Å². The van der Waals surface area contributed by atoms with Crippen LogP contribution in [0.25, 0.3) is 11.0 Å². The largest absolute Gasteiger partial charge is 0.459 e. The molecule has 0 saturated carbocycles. The third-order valence-corrected chi connectivity index (χ3v) is 4.24. The van der Waals surface area contributed by atoms with Crippen molar-refractivity contribution in [3.8, 4) is 0 Å². The molecule has 1 aromatic carbocycles. The summed E-state index contributed by atoms with van der Waals surface area (Å²) in [4.78, 5) is 16.6. The number of urea groups is 1. The highest BCUT2D eigenvalue weighted by molar-refractivity contribution is 6.32. The fraction of sp³-hybridized carbons (Fsp3) is 0.353. The lowest BCUT2D eigenvalue weighted by Crippen LogP contribution is -2.31. The smallest absolute Gasteiger partial charge is 0.319 e. The number of fused-ring (bicyclic) bond motifs is 1. The Morgan fingerprint density at radius 2 is 2.16 bits per heavy atom. The number of furan rings is 1. The van der Waals surface area contributed by atoms with Gasteiger partial charge in [0.15, 0.2) is 11.4 Å². The topological polar surface area (TPSA) is 95.8 Å². The van der Waals surface area contributed by atoms with Crippen LogP contribution in [0.1, 0.15) is 42.9 Å². The molecule has 2 amide bonds. The molecule has 25 heavy (non-hydrogen) atoms. The molecule has 0 aliphatic rings. The lowest BCUT2D eigenvalue weighted by Gasteiger charge is -2.12. The Morgan fingerprint density at radius 1 is 1.40 bits per heavy atom. The number of hydrogen-bond acceptors (Lipinski definition) is 4. The van der Waals surface area contributed by atoms with Crippen molar-refractivity contribution in [3.63, 3.8) is 0 Å². The summed E-state index contributed by atoms with van der Waals surface area (Å²) in [6.45, 7) is 7.61. The van der Waals surface area contributed by atoms with Gasteiger partial charge < -0.3 is 15.1 Å². The minimum Gasteiger partial charge on any atom is -0.459 e. The lowest BCUT2D eigenvalue weighted by molar-refractivity contribution is 0.249. The molecule has 3 aromatic rings. The Kier molecular flexibility index (Phi) is 4.67. The monoisotopic (exact) mass is 361 g/mol. The van der Waals surface area contributed by atoms with Crippen LogP contribution >= 0.6 is 11.6 Å². The van der Waals surface area contributed by atoms with E-state index in [1.807, 2.05) is 26.8 Å². The summed E-state index contributed by atoms with van der Waals surface area (Å²) < 4.78 is 5.90. The molecular weight excluding hydrogens is 342 g/mol. The lowest BCUT2D eigenvalue weighted by atomic mass is 10.1. The van der Waals surface area contributed by atoms with E-state index in [9.17, 15) is 4.79 Å². The van der Waals surface area contributed by atoms with Crippen molar-refractivity contribution >= 4 is 34.3 Å². The molecule has 0 fully saturated rings. The van der Waals surface area contributed by atoms with Crippen molar-refractivity contribution in [1.82, 2.24) is 20.5 Å². The zero-order chi connectivity index (χ0) is 18.1. The van der Waals surface area contributed by atoms with Crippen LogP contribution in [0.3, 0.4) is 0 Å². The first kappa shape index (κ1) is 17.3. The molecule has 1 unspecified atom stereocenters. The number of aryl methyl sites for hydroxylation is 3. The minimum atomic E-state index is -0.384. The summed E-state index contributed by atoms with van der Waals surface area (Å²) >= 11 is 6.20. The second kappa shape index (κ2) is 6.76. The van der Waals surface area contributed by atoms with Crippen LogP contribution < -0.4 is 10.6 Å². The van der Waals surface area contributed by atoms with Gasteiger partial charge in [0.05, 0.1) is 11.7 Å². The number of halogens is 1. The molecule has 132 valence electrons. The number of benzene rings is 1. The van der Waals surface area contributed by atoms with Gasteiger partial charge in [-0.1, -0.05) is 18.5 Å². The molecule has 0 spiro atoms. The first-order chi connectivity index (χ1) is 11.9. The molecular formula is C17H20ClN5O2. The van der Waals surface area contributed by atoms with Crippen LogP contribution in [0.5, 0.6) is 0 Å². The van der Waals surface area contributed by atoms with Gasteiger partial charge in [-0.05, 0) is 38.5 Å². The van der Waals surface area contributed by atoms with Crippen molar-refractivity contribution in [2.75, 3.05) is 5.32 Å². The average molecular weight is 362 g/mol. The van der Waals surface area contributed by atoms with E-state index >= 15 is 0 Å². The zero-order valence-corrected chi connectivity index (χ0v) is 15.3. The predicted octanol–water partition coefficient (Wildman–Crippen LogP) is 4.27. The number of carbonyl (C=O) groups excluding carboxylic acids is 1. The van der Waals surface area contributed by atoms with Gasteiger partial charge in [0.2, 0.25) is 0 Å². The maximum Gasteiger partial charge on any atom is 0.319 e. The number of aromatic amines is 1. The molecule has 2 aromatic heterocycles. The number of anilines is 1. The summed E-state index contributed by atoms with van der Waals surface area (Å²) in [6, 6.07) is 2.79. The number of rotatable bonds is 4. The Balaban J connectivity index is 1.83. The Bertz CT molecular complexity index is 931. The number of nitrogens with one attached hydrogen (secondary N) is 3. The van der Waals surface area contributed by atoms with E-state index in [1.54, 1.807) is 13.0 Å². The summed E-state index contributed by atoms with van der Waals surface area (Å²) in [5.74, 6) is 2.09. The van der Waals surface area contributed by atoms with E-state index in [2.05, 4.69) is 25.8 Å². The Hall–Kier alpha value is -2.54. The molecule has 0 aliphatic carbocycles. The number of hydrogen-bond donors (Lipinski definition) is 3. The standard InChI is InChI=1S/C17H20ClN5O2/c1-5-14-8(2)12-6-11(18)7-13(15(12)25-14)21-17(24)19-9(3)16-20-10(4)22-23-16/h6-7,9H,5H2,1-4H3,(H2,19,21,24)(H,20,22,23). The van der Waals surface area contributed by atoms with Crippen molar-refractivity contribution < 1.29 is 9.21 Å². The van der Waals surface area contributed by atoms with Gasteiger partial charge in [0.25, 0.3) is 0 Å². The number of nitrogens with zero attached hydrogens (tertiary/aromatic N) is 2. The first-order valence-electron chi connectivity index (χ1n) is 8.07. The van der Waals surface area contributed by atoms with E-state index < -0.39 is 0 Å². The van der Waals surface area contributed by atoms with Crippen LogP contribution in [0.4, 0.5) is 10.5 Å². The highest BCUT2D eigenvalue weighted by Crippen LogP contribution is 2.34. The number of aromatic nitrogens is 3. The molecule has 2 heterocycles. The Morgan fingerprint density at radius 3 is 2.80 bits per heavy atom. The van der Waals surface area contributed by atoms with E-state index in [4.69, 9.17) is 16.0 Å². The third-order valence-electron chi connectivity index (χ3n) is 4.02. The fourth-order valence-electron chi connectivity index (χ4n) is 2.74. The molecule has 8 heteroatoms. The zero-order valence-electron chi connectivity index (χ0n) is 14.5. The summed E-state index contributed by atoms with van der Waals surface area (Å²) in [5.41, 5.74) is 2.18. The van der Waals surface area contributed by atoms with E-state index in [0.29, 0.717) is 27.9 Å². The van der Waals surface area contributed by atoms with Gasteiger partial charge >= 0.3 is 6.03 Å². The van der Waals surface area contributed by atoms with Crippen LogP contribution in [0, 0.1) is 13.8 Å². The van der Waals surface area contributed by atoms with Gasteiger partial charge in [-0.3, -0.25) is 5.10 Å². The van der Waals surface area contributed by atoms with Gasteiger partial charge in [-0.15, -0.1) is 0 Å². The molecule has 0 bridgehead atoms. The van der Waals surface area contributed by atoms with Gasteiger partial charge in [0.1, 0.15) is 11.6 Å². The SMILES string of the molecule is CCc1oc2c(NC(=O)NC(C)c3n[nH]c(C)n3)cc(Cl)cc2c1C. The van der Waals surface area contributed by atoms with Gasteiger partial charge in [-0.25, -0.2) is 9.78 Å². The van der Waals surface area contributed by atoms with Crippen molar-refractivity contribution in [2.45, 2.75) is 40.2 Å².